The average Bonchev–Trinajstić information content (AvgIpc) is 2.87. The number of halogens is 1. The van der Waals surface area contributed by atoms with Gasteiger partial charge in [0.05, 0.1) is 18.4 Å². The lowest BCUT2D eigenvalue weighted by atomic mass is 10.2. The molecule has 0 unspecified atom stereocenters. The first-order valence-corrected chi connectivity index (χ1v) is 7.54. The number of aromatic amines is 1. The Kier molecular flexibility index (Phi) is 4.43. The topological polar surface area (TPSA) is 92.7 Å². The Morgan fingerprint density at radius 2 is 2.21 bits per heavy atom. The van der Waals surface area contributed by atoms with E-state index in [4.69, 9.17) is 11.6 Å². The number of carbonyl (C=O) groups is 1. The molecular formula is C16H14ClN5O2. The Balaban J connectivity index is 1.82. The second-order valence-electron chi connectivity index (χ2n) is 5.21. The lowest BCUT2D eigenvalue weighted by molar-refractivity contribution is 0.102. The molecule has 3 rings (SSSR count). The first kappa shape index (κ1) is 15.9. The van der Waals surface area contributed by atoms with Crippen molar-refractivity contribution in [2.24, 2.45) is 0 Å². The van der Waals surface area contributed by atoms with Crippen LogP contribution in [-0.2, 0) is 6.54 Å². The summed E-state index contributed by atoms with van der Waals surface area (Å²) in [5, 5.41) is 7.76. The molecule has 122 valence electrons. The number of hydrogen-bond donors (Lipinski definition) is 2. The van der Waals surface area contributed by atoms with Gasteiger partial charge in [-0.15, -0.1) is 0 Å². The molecule has 2 heterocycles. The summed E-state index contributed by atoms with van der Waals surface area (Å²) in [6.45, 7) is 2.30. The molecule has 0 spiro atoms. The Labute approximate surface area is 142 Å². The molecule has 7 nitrogen and oxygen atoms in total. The number of aromatic nitrogens is 4. The van der Waals surface area contributed by atoms with Crippen LogP contribution in [0.4, 0.5) is 5.82 Å². The summed E-state index contributed by atoms with van der Waals surface area (Å²) < 4.78 is 1.67. The van der Waals surface area contributed by atoms with Crippen LogP contribution >= 0.6 is 11.6 Å². The Hall–Kier alpha value is -2.93. The molecule has 3 aromatic rings. The van der Waals surface area contributed by atoms with Gasteiger partial charge in [0.25, 0.3) is 11.5 Å². The van der Waals surface area contributed by atoms with Crippen LogP contribution in [0.15, 0.2) is 47.5 Å². The molecule has 1 aromatic carbocycles. The van der Waals surface area contributed by atoms with Crippen molar-refractivity contribution in [1.82, 2.24) is 19.7 Å². The third kappa shape index (κ3) is 3.69. The molecule has 2 aromatic heterocycles. The van der Waals surface area contributed by atoms with E-state index in [9.17, 15) is 9.59 Å². The molecule has 0 saturated carbocycles. The summed E-state index contributed by atoms with van der Waals surface area (Å²) in [4.78, 5) is 29.5. The van der Waals surface area contributed by atoms with Crippen molar-refractivity contribution in [3.05, 3.63) is 75.1 Å². The normalized spacial score (nSPS) is 10.6. The average molecular weight is 344 g/mol. The fraction of sp³-hybridized carbons (Fsp3) is 0.125. The number of H-pyrrole nitrogens is 1. The zero-order valence-corrected chi connectivity index (χ0v) is 13.5. The molecule has 0 radical (unpaired) electrons. The predicted octanol–water partition coefficient (Wildman–Crippen LogP) is 2.23. The third-order valence-electron chi connectivity index (χ3n) is 3.27. The molecule has 0 atom stereocenters. The van der Waals surface area contributed by atoms with Crippen molar-refractivity contribution in [3.8, 4) is 0 Å². The number of carbonyl (C=O) groups excluding carboxylic acids is 1. The summed E-state index contributed by atoms with van der Waals surface area (Å²) in [7, 11) is 0. The molecule has 0 aliphatic heterocycles. The first-order valence-electron chi connectivity index (χ1n) is 7.16. The highest BCUT2D eigenvalue weighted by Gasteiger charge is 2.13. The minimum Gasteiger partial charge on any atom is -0.325 e. The standard InChI is InChI=1S/C16H14ClN5O2/c1-10-5-14(20-16(24)13-7-19-15(23)8-18-13)22(21-10)9-11-3-2-4-12(17)6-11/h2-8H,9H2,1H3,(H,19,23)(H,20,24). The monoisotopic (exact) mass is 343 g/mol. The Bertz CT molecular complexity index is 927. The lowest BCUT2D eigenvalue weighted by Gasteiger charge is -2.09. The zero-order valence-electron chi connectivity index (χ0n) is 12.8. The van der Waals surface area contributed by atoms with Crippen molar-refractivity contribution < 1.29 is 4.79 Å². The van der Waals surface area contributed by atoms with Crippen LogP contribution in [0, 0.1) is 6.92 Å². The highest BCUT2D eigenvalue weighted by atomic mass is 35.5. The van der Waals surface area contributed by atoms with Gasteiger partial charge in [-0.05, 0) is 24.6 Å². The molecule has 24 heavy (non-hydrogen) atoms. The van der Waals surface area contributed by atoms with Crippen LogP contribution in [0.3, 0.4) is 0 Å². The number of nitrogens with zero attached hydrogens (tertiary/aromatic N) is 3. The molecule has 0 aliphatic rings. The smallest absolute Gasteiger partial charge is 0.276 e. The van der Waals surface area contributed by atoms with Gasteiger partial charge in [0.2, 0.25) is 0 Å². The number of rotatable bonds is 4. The second kappa shape index (κ2) is 6.67. The number of hydrogen-bond acceptors (Lipinski definition) is 4. The van der Waals surface area contributed by atoms with Gasteiger partial charge in [0.15, 0.2) is 0 Å². The molecule has 0 fully saturated rings. The van der Waals surface area contributed by atoms with Gasteiger partial charge in [-0.1, -0.05) is 23.7 Å². The summed E-state index contributed by atoms with van der Waals surface area (Å²) in [5.74, 6) is 0.101. The van der Waals surface area contributed by atoms with Crippen molar-refractivity contribution in [1.29, 1.82) is 0 Å². The van der Waals surface area contributed by atoms with Crippen LogP contribution in [0.2, 0.25) is 5.02 Å². The van der Waals surface area contributed by atoms with Crippen LogP contribution in [0.5, 0.6) is 0 Å². The van der Waals surface area contributed by atoms with Gasteiger partial charge in [0.1, 0.15) is 11.5 Å². The number of benzene rings is 1. The quantitative estimate of drug-likeness (QED) is 0.759. The van der Waals surface area contributed by atoms with E-state index in [2.05, 4.69) is 20.4 Å². The van der Waals surface area contributed by atoms with Crippen LogP contribution in [0.1, 0.15) is 21.7 Å². The van der Waals surface area contributed by atoms with E-state index in [-0.39, 0.29) is 11.3 Å². The maximum atomic E-state index is 12.2. The van der Waals surface area contributed by atoms with Crippen LogP contribution < -0.4 is 10.9 Å². The number of anilines is 1. The Morgan fingerprint density at radius 3 is 2.92 bits per heavy atom. The van der Waals surface area contributed by atoms with Gasteiger partial charge >= 0.3 is 0 Å². The maximum absolute atomic E-state index is 12.2. The molecule has 0 saturated heterocycles. The Morgan fingerprint density at radius 1 is 1.38 bits per heavy atom. The largest absolute Gasteiger partial charge is 0.325 e. The van der Waals surface area contributed by atoms with E-state index in [1.807, 2.05) is 25.1 Å². The highest BCUT2D eigenvalue weighted by Crippen LogP contribution is 2.16. The van der Waals surface area contributed by atoms with E-state index >= 15 is 0 Å². The summed E-state index contributed by atoms with van der Waals surface area (Å²) >= 11 is 6.00. The number of aryl methyl sites for hydroxylation is 1. The van der Waals surface area contributed by atoms with E-state index in [0.717, 1.165) is 17.5 Å². The molecule has 0 aliphatic carbocycles. The minimum atomic E-state index is -0.432. The maximum Gasteiger partial charge on any atom is 0.276 e. The van der Waals surface area contributed by atoms with Gasteiger partial charge in [0, 0.05) is 17.3 Å². The van der Waals surface area contributed by atoms with Gasteiger partial charge < -0.3 is 10.3 Å². The molecule has 8 heteroatoms. The van der Waals surface area contributed by atoms with E-state index in [1.54, 1.807) is 16.8 Å². The molecule has 2 N–H and O–H groups in total. The fourth-order valence-corrected chi connectivity index (χ4v) is 2.43. The number of amides is 1. The minimum absolute atomic E-state index is 0.114. The van der Waals surface area contributed by atoms with E-state index in [0.29, 0.717) is 17.4 Å². The van der Waals surface area contributed by atoms with E-state index in [1.165, 1.54) is 6.20 Å². The lowest BCUT2D eigenvalue weighted by Crippen LogP contribution is -2.19. The summed E-state index contributed by atoms with van der Waals surface area (Å²) in [6.07, 6.45) is 2.33. The predicted molar refractivity (Wildman–Crippen MR) is 90.3 cm³/mol. The molecular weight excluding hydrogens is 330 g/mol. The summed E-state index contributed by atoms with van der Waals surface area (Å²) in [6, 6.07) is 9.18. The van der Waals surface area contributed by atoms with Crippen molar-refractivity contribution in [2.75, 3.05) is 5.32 Å². The molecule has 1 amide bonds. The SMILES string of the molecule is Cc1cc(NC(=O)c2c[nH]c(=O)cn2)n(Cc2cccc(Cl)c2)n1. The highest BCUT2D eigenvalue weighted by molar-refractivity contribution is 6.30. The summed E-state index contributed by atoms with van der Waals surface area (Å²) in [5.41, 5.74) is 1.47. The fourth-order valence-electron chi connectivity index (χ4n) is 2.22. The third-order valence-corrected chi connectivity index (χ3v) is 3.50. The molecule has 0 bridgehead atoms. The van der Waals surface area contributed by atoms with Crippen LogP contribution in [-0.4, -0.2) is 25.7 Å². The van der Waals surface area contributed by atoms with Gasteiger partial charge in [-0.2, -0.15) is 5.10 Å². The van der Waals surface area contributed by atoms with Crippen LogP contribution in [0.25, 0.3) is 0 Å². The first-order chi connectivity index (χ1) is 11.5. The number of nitrogens with one attached hydrogen (secondary N) is 2. The van der Waals surface area contributed by atoms with E-state index < -0.39 is 5.91 Å². The zero-order chi connectivity index (χ0) is 17.1. The van der Waals surface area contributed by atoms with Gasteiger partial charge in [-0.3, -0.25) is 9.59 Å². The van der Waals surface area contributed by atoms with Crippen molar-refractivity contribution in [3.63, 3.8) is 0 Å². The second-order valence-corrected chi connectivity index (χ2v) is 5.65. The van der Waals surface area contributed by atoms with Crippen molar-refractivity contribution >= 4 is 23.3 Å². The van der Waals surface area contributed by atoms with Gasteiger partial charge in [-0.25, -0.2) is 9.67 Å². The van der Waals surface area contributed by atoms with Crippen molar-refractivity contribution in [2.45, 2.75) is 13.5 Å².